The van der Waals surface area contributed by atoms with Gasteiger partial charge in [-0.1, -0.05) is 25.3 Å². The summed E-state index contributed by atoms with van der Waals surface area (Å²) in [5.74, 6) is -0.0543. The largest absolute Gasteiger partial charge is 0.269 e. The zero-order chi connectivity index (χ0) is 15.2. The summed E-state index contributed by atoms with van der Waals surface area (Å²) >= 11 is 1.63. The molecule has 1 aliphatic carbocycles. The lowest BCUT2D eigenvalue weighted by atomic mass is 9.96. The first kappa shape index (κ1) is 15.0. The highest BCUT2D eigenvalue weighted by molar-refractivity contribution is 7.08. The second-order valence-corrected chi connectivity index (χ2v) is 6.36. The Labute approximate surface area is 134 Å². The minimum Gasteiger partial charge on any atom is -0.269 e. The van der Waals surface area contributed by atoms with E-state index in [0.29, 0.717) is 6.04 Å². The van der Waals surface area contributed by atoms with Gasteiger partial charge in [-0.25, -0.2) is 0 Å². The molecule has 0 aliphatic heterocycles. The lowest BCUT2D eigenvalue weighted by Gasteiger charge is -2.17. The van der Waals surface area contributed by atoms with Crippen LogP contribution in [-0.2, 0) is 0 Å². The van der Waals surface area contributed by atoms with Gasteiger partial charge in [0.15, 0.2) is 0 Å². The molecule has 114 valence electrons. The molecule has 0 bridgehead atoms. The van der Waals surface area contributed by atoms with E-state index < -0.39 is 0 Å². The van der Waals surface area contributed by atoms with E-state index in [0.717, 1.165) is 23.9 Å². The van der Waals surface area contributed by atoms with E-state index in [1.54, 1.807) is 28.2 Å². The van der Waals surface area contributed by atoms with Crippen molar-refractivity contribution in [2.24, 2.45) is 4.99 Å². The summed E-state index contributed by atoms with van der Waals surface area (Å²) in [5.41, 5.74) is 1.81. The molecule has 3 rings (SSSR count). The average molecular weight is 312 g/mol. The molecule has 0 spiro atoms. The summed E-state index contributed by atoms with van der Waals surface area (Å²) in [6, 6.07) is 8.09. The van der Waals surface area contributed by atoms with Crippen LogP contribution in [0.5, 0.6) is 0 Å². The molecule has 1 fully saturated rings. The summed E-state index contributed by atoms with van der Waals surface area (Å²) in [6.07, 6.45) is 11.3. The van der Waals surface area contributed by atoms with E-state index in [1.165, 1.54) is 19.3 Å². The second kappa shape index (κ2) is 7.36. The standard InChI is InChI=1S/C18H20N2OS/c21-18(10-9-15-11-13-22-14-15)20-12-5-4-8-17(20)19-16-6-2-1-3-7-16/h4-5,8-14,16H,1-3,6-7H2. The fourth-order valence-corrected chi connectivity index (χ4v) is 3.37. The number of nitrogens with zero attached hydrogens (tertiary/aromatic N) is 2. The molecular formula is C18H20N2OS. The number of hydrogen-bond acceptors (Lipinski definition) is 3. The van der Waals surface area contributed by atoms with Gasteiger partial charge in [0.25, 0.3) is 5.91 Å². The summed E-state index contributed by atoms with van der Waals surface area (Å²) in [7, 11) is 0. The van der Waals surface area contributed by atoms with Crippen molar-refractivity contribution in [3.05, 3.63) is 58.3 Å². The van der Waals surface area contributed by atoms with Gasteiger partial charge in [-0.05, 0) is 53.4 Å². The molecule has 0 radical (unpaired) electrons. The first-order chi connectivity index (χ1) is 10.8. The smallest absolute Gasteiger partial charge is 0.256 e. The van der Waals surface area contributed by atoms with Crippen LogP contribution in [0.4, 0.5) is 0 Å². The lowest BCUT2D eigenvalue weighted by molar-refractivity contribution is 0.0964. The van der Waals surface area contributed by atoms with Crippen LogP contribution in [0.25, 0.3) is 6.08 Å². The van der Waals surface area contributed by atoms with Gasteiger partial charge < -0.3 is 0 Å². The van der Waals surface area contributed by atoms with Gasteiger partial charge in [0.2, 0.25) is 0 Å². The average Bonchev–Trinajstić information content (AvgIpc) is 3.08. The first-order valence-corrected chi connectivity index (χ1v) is 8.73. The van der Waals surface area contributed by atoms with Gasteiger partial charge in [0.1, 0.15) is 5.49 Å². The third kappa shape index (κ3) is 3.83. The predicted octanol–water partition coefficient (Wildman–Crippen LogP) is 4.14. The molecule has 0 atom stereocenters. The number of rotatable bonds is 3. The van der Waals surface area contributed by atoms with Crippen LogP contribution in [0.3, 0.4) is 0 Å². The second-order valence-electron chi connectivity index (χ2n) is 5.58. The molecule has 1 saturated carbocycles. The molecule has 3 nitrogen and oxygen atoms in total. The van der Waals surface area contributed by atoms with Gasteiger partial charge in [-0.3, -0.25) is 14.4 Å². The Kier molecular flexibility index (Phi) is 5.01. The van der Waals surface area contributed by atoms with Gasteiger partial charge in [0, 0.05) is 12.3 Å². The van der Waals surface area contributed by atoms with Crippen molar-refractivity contribution < 1.29 is 4.79 Å². The maximum absolute atomic E-state index is 12.4. The molecule has 22 heavy (non-hydrogen) atoms. The van der Waals surface area contributed by atoms with E-state index in [9.17, 15) is 4.79 Å². The van der Waals surface area contributed by atoms with Crippen LogP contribution < -0.4 is 5.49 Å². The Balaban J connectivity index is 1.84. The Bertz CT molecular complexity index is 707. The molecule has 0 aromatic carbocycles. The molecule has 2 heterocycles. The van der Waals surface area contributed by atoms with Crippen molar-refractivity contribution in [3.63, 3.8) is 0 Å². The third-order valence-corrected chi connectivity index (χ3v) is 4.63. The molecule has 2 aromatic heterocycles. The predicted molar refractivity (Wildman–Crippen MR) is 90.8 cm³/mol. The summed E-state index contributed by atoms with van der Waals surface area (Å²) < 4.78 is 1.64. The SMILES string of the molecule is O=C(C=Cc1ccsc1)n1ccccc1=NC1CCCCC1. The van der Waals surface area contributed by atoms with E-state index in [-0.39, 0.29) is 5.91 Å². The number of allylic oxidation sites excluding steroid dienone is 1. The highest BCUT2D eigenvalue weighted by atomic mass is 32.1. The van der Waals surface area contributed by atoms with Gasteiger partial charge >= 0.3 is 0 Å². The molecule has 4 heteroatoms. The number of pyridine rings is 1. The van der Waals surface area contributed by atoms with Crippen LogP contribution in [0.1, 0.15) is 42.5 Å². The van der Waals surface area contributed by atoms with Crippen molar-refractivity contribution in [2.45, 2.75) is 38.1 Å². The number of thiophene rings is 1. The lowest BCUT2D eigenvalue weighted by Crippen LogP contribution is -2.27. The quantitative estimate of drug-likeness (QED) is 0.784. The topological polar surface area (TPSA) is 34.4 Å². The summed E-state index contributed by atoms with van der Waals surface area (Å²) in [4.78, 5) is 17.2. The summed E-state index contributed by atoms with van der Waals surface area (Å²) in [6.45, 7) is 0. The molecule has 0 unspecified atom stereocenters. The number of carbonyl (C=O) groups excluding carboxylic acids is 1. The summed E-state index contributed by atoms with van der Waals surface area (Å²) in [5, 5.41) is 4.02. The normalized spacial score (nSPS) is 17.2. The fourth-order valence-electron chi connectivity index (χ4n) is 2.74. The Hall–Kier alpha value is -1.94. The number of carbonyl (C=O) groups is 1. The van der Waals surface area contributed by atoms with E-state index in [2.05, 4.69) is 0 Å². The van der Waals surface area contributed by atoms with Crippen LogP contribution in [0, 0.1) is 0 Å². The van der Waals surface area contributed by atoms with E-state index in [4.69, 9.17) is 4.99 Å². The molecule has 0 saturated heterocycles. The highest BCUT2D eigenvalue weighted by Gasteiger charge is 2.12. The number of aromatic nitrogens is 1. The van der Waals surface area contributed by atoms with Gasteiger partial charge in [0.05, 0.1) is 6.04 Å². The van der Waals surface area contributed by atoms with E-state index in [1.807, 2.05) is 41.1 Å². The van der Waals surface area contributed by atoms with Crippen molar-refractivity contribution in [1.82, 2.24) is 4.57 Å². The number of hydrogen-bond donors (Lipinski definition) is 0. The van der Waals surface area contributed by atoms with Gasteiger partial charge in [-0.2, -0.15) is 11.3 Å². The van der Waals surface area contributed by atoms with Crippen molar-refractivity contribution >= 4 is 23.3 Å². The molecule has 1 aliphatic rings. The third-order valence-electron chi connectivity index (χ3n) is 3.93. The monoisotopic (exact) mass is 312 g/mol. The minimum absolute atomic E-state index is 0.0543. The first-order valence-electron chi connectivity index (χ1n) is 7.79. The molecule has 0 N–H and O–H groups in total. The van der Waals surface area contributed by atoms with Crippen molar-refractivity contribution in [2.75, 3.05) is 0 Å². The zero-order valence-electron chi connectivity index (χ0n) is 12.5. The molecule has 0 amide bonds. The van der Waals surface area contributed by atoms with E-state index >= 15 is 0 Å². The zero-order valence-corrected chi connectivity index (χ0v) is 13.3. The van der Waals surface area contributed by atoms with Crippen molar-refractivity contribution in [1.29, 1.82) is 0 Å². The minimum atomic E-state index is -0.0543. The maximum Gasteiger partial charge on any atom is 0.256 e. The van der Waals surface area contributed by atoms with Crippen LogP contribution in [0.15, 0.2) is 52.3 Å². The van der Waals surface area contributed by atoms with Gasteiger partial charge in [-0.15, -0.1) is 0 Å². The highest BCUT2D eigenvalue weighted by Crippen LogP contribution is 2.19. The van der Waals surface area contributed by atoms with Crippen molar-refractivity contribution in [3.8, 4) is 0 Å². The Morgan fingerprint density at radius 1 is 1.23 bits per heavy atom. The van der Waals surface area contributed by atoms with Crippen LogP contribution >= 0.6 is 11.3 Å². The maximum atomic E-state index is 12.4. The Morgan fingerprint density at radius 3 is 2.86 bits per heavy atom. The molecular weight excluding hydrogens is 292 g/mol. The fraction of sp³-hybridized carbons (Fsp3) is 0.333. The van der Waals surface area contributed by atoms with Crippen LogP contribution in [0.2, 0.25) is 0 Å². The molecule has 2 aromatic rings. The Morgan fingerprint density at radius 2 is 2.09 bits per heavy atom. The van der Waals surface area contributed by atoms with Crippen LogP contribution in [-0.4, -0.2) is 16.5 Å².